The number of nitro groups is 2. The van der Waals surface area contributed by atoms with Gasteiger partial charge in [-0.2, -0.15) is 0 Å². The summed E-state index contributed by atoms with van der Waals surface area (Å²) in [6.07, 6.45) is 0. The molecule has 21 heavy (non-hydrogen) atoms. The first-order chi connectivity index (χ1) is 9.93. The number of carbonyl (C=O) groups excluding carboxylic acids is 2. The van der Waals surface area contributed by atoms with E-state index in [1.54, 1.807) is 0 Å². The fraction of sp³-hybridized carbons (Fsp3) is 0. The van der Waals surface area contributed by atoms with Gasteiger partial charge in [0.15, 0.2) is 5.56 Å². The third-order valence-electron chi connectivity index (χ3n) is 3.12. The van der Waals surface area contributed by atoms with Crippen LogP contribution in [-0.4, -0.2) is 21.8 Å². The smallest absolute Gasteiger partial charge is 0.362 e. The largest absolute Gasteiger partial charge is 0.385 e. The molecule has 0 aromatic heterocycles. The van der Waals surface area contributed by atoms with Gasteiger partial charge < -0.3 is 4.74 Å². The van der Waals surface area contributed by atoms with E-state index in [-0.39, 0.29) is 16.3 Å². The van der Waals surface area contributed by atoms with Crippen LogP contribution in [0.5, 0.6) is 0 Å². The van der Waals surface area contributed by atoms with E-state index in [0.29, 0.717) is 0 Å². The molecule has 1 aliphatic heterocycles. The molecule has 9 nitrogen and oxygen atoms in total. The van der Waals surface area contributed by atoms with E-state index in [1.807, 2.05) is 0 Å². The number of esters is 2. The van der Waals surface area contributed by atoms with E-state index in [9.17, 15) is 29.8 Å². The van der Waals surface area contributed by atoms with Crippen molar-refractivity contribution in [1.29, 1.82) is 0 Å². The molecule has 104 valence electrons. The number of hydrogen-bond acceptors (Lipinski definition) is 7. The number of nitrogens with zero attached hydrogens (tertiary/aromatic N) is 2. The Bertz CT molecular complexity index is 872. The van der Waals surface area contributed by atoms with Crippen molar-refractivity contribution in [3.63, 3.8) is 0 Å². The van der Waals surface area contributed by atoms with E-state index in [0.717, 1.165) is 0 Å². The quantitative estimate of drug-likeness (QED) is 0.357. The van der Waals surface area contributed by atoms with Crippen molar-refractivity contribution in [1.82, 2.24) is 0 Å². The number of rotatable bonds is 2. The monoisotopic (exact) mass is 288 g/mol. The van der Waals surface area contributed by atoms with Crippen LogP contribution in [0.1, 0.15) is 20.7 Å². The summed E-state index contributed by atoms with van der Waals surface area (Å²) in [5.41, 5.74) is -2.84. The molecule has 0 N–H and O–H groups in total. The van der Waals surface area contributed by atoms with Gasteiger partial charge in [-0.1, -0.05) is 18.2 Å². The summed E-state index contributed by atoms with van der Waals surface area (Å²) in [5.74, 6) is -2.31. The SMILES string of the molecule is O=C1OC(=O)c2c1c([N+](=O)[O-])c([N+](=O)[O-])c1ccccc21. The molecule has 0 spiro atoms. The van der Waals surface area contributed by atoms with E-state index in [2.05, 4.69) is 4.74 Å². The van der Waals surface area contributed by atoms with E-state index < -0.39 is 38.7 Å². The predicted octanol–water partition coefficient (Wildman–Crippen LogP) is 1.97. The zero-order chi connectivity index (χ0) is 15.3. The predicted molar refractivity (Wildman–Crippen MR) is 67.0 cm³/mol. The maximum Gasteiger partial charge on any atom is 0.362 e. The van der Waals surface area contributed by atoms with Crippen molar-refractivity contribution in [2.24, 2.45) is 0 Å². The Morgan fingerprint density at radius 1 is 0.810 bits per heavy atom. The summed E-state index contributed by atoms with van der Waals surface area (Å²) >= 11 is 0. The van der Waals surface area contributed by atoms with Crippen LogP contribution < -0.4 is 0 Å². The molecule has 2 aromatic rings. The van der Waals surface area contributed by atoms with Gasteiger partial charge >= 0.3 is 23.3 Å². The fourth-order valence-corrected chi connectivity index (χ4v) is 2.37. The van der Waals surface area contributed by atoms with Crippen molar-refractivity contribution in [2.75, 3.05) is 0 Å². The second-order valence-electron chi connectivity index (χ2n) is 4.18. The molecular formula is C12H4N2O7. The number of fused-ring (bicyclic) bond motifs is 3. The van der Waals surface area contributed by atoms with Crippen LogP contribution in [0.4, 0.5) is 11.4 Å². The highest BCUT2D eigenvalue weighted by atomic mass is 16.6. The highest BCUT2D eigenvalue weighted by Crippen LogP contribution is 2.43. The minimum Gasteiger partial charge on any atom is -0.385 e. The summed E-state index contributed by atoms with van der Waals surface area (Å²) in [6.45, 7) is 0. The molecule has 0 saturated heterocycles. The van der Waals surface area contributed by atoms with Gasteiger partial charge in [-0.05, 0) is 6.07 Å². The van der Waals surface area contributed by atoms with Gasteiger partial charge in [0.2, 0.25) is 0 Å². The van der Waals surface area contributed by atoms with Crippen LogP contribution in [0.15, 0.2) is 24.3 Å². The molecule has 0 saturated carbocycles. The van der Waals surface area contributed by atoms with Gasteiger partial charge in [0, 0.05) is 5.39 Å². The van der Waals surface area contributed by atoms with Crippen LogP contribution in [0.25, 0.3) is 10.8 Å². The summed E-state index contributed by atoms with van der Waals surface area (Å²) in [6, 6.07) is 5.57. The fourth-order valence-electron chi connectivity index (χ4n) is 2.37. The molecule has 0 unspecified atom stereocenters. The molecule has 0 aliphatic carbocycles. The second-order valence-corrected chi connectivity index (χ2v) is 4.18. The normalized spacial score (nSPS) is 13.1. The first-order valence-electron chi connectivity index (χ1n) is 5.57. The van der Waals surface area contributed by atoms with Crippen molar-refractivity contribution in [3.05, 3.63) is 55.6 Å². The van der Waals surface area contributed by atoms with E-state index in [1.165, 1.54) is 24.3 Å². The maximum atomic E-state index is 11.7. The molecule has 9 heteroatoms. The zero-order valence-electron chi connectivity index (χ0n) is 10.1. The first-order valence-corrected chi connectivity index (χ1v) is 5.57. The Morgan fingerprint density at radius 3 is 1.90 bits per heavy atom. The number of carbonyl (C=O) groups is 2. The van der Waals surface area contributed by atoms with Crippen molar-refractivity contribution in [3.8, 4) is 0 Å². The van der Waals surface area contributed by atoms with Gasteiger partial charge in [-0.3, -0.25) is 20.2 Å². The summed E-state index contributed by atoms with van der Waals surface area (Å²) in [5, 5.41) is 22.3. The average Bonchev–Trinajstić information content (AvgIpc) is 2.72. The summed E-state index contributed by atoms with van der Waals surface area (Å²) in [4.78, 5) is 43.7. The third-order valence-corrected chi connectivity index (χ3v) is 3.12. The number of benzene rings is 2. The zero-order valence-corrected chi connectivity index (χ0v) is 10.1. The molecule has 0 atom stereocenters. The Kier molecular flexibility index (Phi) is 2.45. The van der Waals surface area contributed by atoms with Crippen LogP contribution in [0, 0.1) is 20.2 Å². The van der Waals surface area contributed by atoms with Crippen molar-refractivity contribution in [2.45, 2.75) is 0 Å². The Hall–Kier alpha value is -3.36. The molecule has 0 amide bonds. The van der Waals surface area contributed by atoms with Crippen molar-refractivity contribution >= 4 is 34.1 Å². The molecule has 0 bridgehead atoms. The Labute approximate surface area is 115 Å². The molecular weight excluding hydrogens is 284 g/mol. The third kappa shape index (κ3) is 1.57. The standard InChI is InChI=1S/C12H4N2O7/c15-11-7-5-3-1-2-4-6(5)9(13(17)18)10(14(19)20)8(7)12(16)21-11/h1-4H. The molecule has 3 rings (SSSR count). The van der Waals surface area contributed by atoms with Gasteiger partial charge in [-0.15, -0.1) is 0 Å². The minimum atomic E-state index is -1.25. The summed E-state index contributed by atoms with van der Waals surface area (Å²) < 4.78 is 4.36. The highest BCUT2D eigenvalue weighted by Gasteiger charge is 2.45. The number of nitro benzene ring substituents is 2. The van der Waals surface area contributed by atoms with E-state index >= 15 is 0 Å². The van der Waals surface area contributed by atoms with Crippen LogP contribution in [0.2, 0.25) is 0 Å². The first kappa shape index (κ1) is 12.7. The van der Waals surface area contributed by atoms with Gasteiger partial charge in [0.25, 0.3) is 0 Å². The lowest BCUT2D eigenvalue weighted by Crippen LogP contribution is -2.05. The number of cyclic esters (lactones) is 2. The molecule has 1 heterocycles. The molecule has 1 aliphatic rings. The minimum absolute atomic E-state index is 0.0700. The number of hydrogen-bond donors (Lipinski definition) is 0. The van der Waals surface area contributed by atoms with Crippen molar-refractivity contribution < 1.29 is 24.2 Å². The van der Waals surface area contributed by atoms with E-state index in [4.69, 9.17) is 0 Å². The van der Waals surface area contributed by atoms with Crippen LogP contribution in [-0.2, 0) is 4.74 Å². The molecule has 0 radical (unpaired) electrons. The highest BCUT2D eigenvalue weighted by molar-refractivity contribution is 6.25. The topological polar surface area (TPSA) is 130 Å². The lowest BCUT2D eigenvalue weighted by molar-refractivity contribution is -0.421. The molecule has 2 aromatic carbocycles. The number of ether oxygens (including phenoxy) is 1. The lowest BCUT2D eigenvalue weighted by Gasteiger charge is -2.04. The van der Waals surface area contributed by atoms with Gasteiger partial charge in [0.05, 0.1) is 20.8 Å². The van der Waals surface area contributed by atoms with Crippen LogP contribution >= 0.6 is 0 Å². The maximum absolute atomic E-state index is 11.7. The van der Waals surface area contributed by atoms with Gasteiger partial charge in [0.1, 0.15) is 0 Å². The molecule has 0 fully saturated rings. The second kappa shape index (κ2) is 4.07. The van der Waals surface area contributed by atoms with Gasteiger partial charge in [-0.25, -0.2) is 9.59 Å². The summed E-state index contributed by atoms with van der Waals surface area (Å²) in [7, 11) is 0. The average molecular weight is 288 g/mol. The lowest BCUT2D eigenvalue weighted by atomic mass is 9.96. The van der Waals surface area contributed by atoms with Crippen LogP contribution in [0.3, 0.4) is 0 Å². The Balaban J connectivity index is 2.65. The Morgan fingerprint density at radius 2 is 1.33 bits per heavy atom.